The number of benzene rings is 1. The van der Waals surface area contributed by atoms with E-state index in [0.717, 1.165) is 34.2 Å². The van der Waals surface area contributed by atoms with Gasteiger partial charge in [0.05, 0.1) is 23.9 Å². The maximum Gasteiger partial charge on any atom is 0.305 e. The fraction of sp³-hybridized carbons (Fsp3) is 0.579. The van der Waals surface area contributed by atoms with Crippen LogP contribution in [0.4, 0.5) is 0 Å². The lowest BCUT2D eigenvalue weighted by atomic mass is 10.1. The molecule has 1 aromatic heterocycles. The number of carbonyl (C=O) groups excluding carboxylic acids is 1. The summed E-state index contributed by atoms with van der Waals surface area (Å²) >= 11 is 3.59. The molecule has 0 unspecified atom stereocenters. The zero-order chi connectivity index (χ0) is 17.9. The Morgan fingerprint density at radius 1 is 1.16 bits per heavy atom. The van der Waals surface area contributed by atoms with Gasteiger partial charge in [0.1, 0.15) is 5.75 Å². The summed E-state index contributed by atoms with van der Waals surface area (Å²) in [6, 6.07) is 6.10. The SMILES string of the molecule is CCOc1ccc2nc(SCCCCCCCCC(=O)OC)sc2c1. The molecule has 0 aliphatic heterocycles. The molecule has 0 saturated carbocycles. The first-order valence-electron chi connectivity index (χ1n) is 8.96. The molecule has 0 fully saturated rings. The van der Waals surface area contributed by atoms with Crippen LogP contribution >= 0.6 is 23.1 Å². The van der Waals surface area contributed by atoms with Gasteiger partial charge < -0.3 is 9.47 Å². The predicted molar refractivity (Wildman–Crippen MR) is 106 cm³/mol. The minimum absolute atomic E-state index is 0.0967. The predicted octanol–water partition coefficient (Wildman–Crippen LogP) is 5.69. The van der Waals surface area contributed by atoms with Crippen molar-refractivity contribution in [2.75, 3.05) is 19.5 Å². The van der Waals surface area contributed by atoms with Crippen molar-refractivity contribution in [2.45, 2.75) is 56.2 Å². The number of methoxy groups -OCH3 is 1. The van der Waals surface area contributed by atoms with E-state index in [2.05, 4.69) is 15.8 Å². The second-order valence-electron chi connectivity index (χ2n) is 5.84. The van der Waals surface area contributed by atoms with Gasteiger partial charge >= 0.3 is 5.97 Å². The number of carbonyl (C=O) groups is 1. The molecule has 1 aromatic carbocycles. The van der Waals surface area contributed by atoms with Crippen LogP contribution in [0.15, 0.2) is 22.5 Å². The average Bonchev–Trinajstić information content (AvgIpc) is 3.02. The van der Waals surface area contributed by atoms with Crippen molar-refractivity contribution < 1.29 is 14.3 Å². The zero-order valence-corrected chi connectivity index (χ0v) is 16.7. The van der Waals surface area contributed by atoms with Crippen LogP contribution in [-0.4, -0.2) is 30.4 Å². The van der Waals surface area contributed by atoms with E-state index in [4.69, 9.17) is 4.74 Å². The van der Waals surface area contributed by atoms with Crippen molar-refractivity contribution >= 4 is 39.3 Å². The molecular formula is C19H27NO3S2. The van der Waals surface area contributed by atoms with E-state index in [-0.39, 0.29) is 5.97 Å². The molecule has 0 radical (unpaired) electrons. The van der Waals surface area contributed by atoms with E-state index in [1.165, 1.54) is 37.5 Å². The van der Waals surface area contributed by atoms with Gasteiger partial charge in [-0.25, -0.2) is 4.98 Å². The van der Waals surface area contributed by atoms with E-state index in [0.29, 0.717) is 13.0 Å². The Morgan fingerprint density at radius 2 is 1.92 bits per heavy atom. The van der Waals surface area contributed by atoms with E-state index in [1.807, 2.05) is 30.8 Å². The highest BCUT2D eigenvalue weighted by Gasteiger charge is 2.06. The lowest BCUT2D eigenvalue weighted by molar-refractivity contribution is -0.140. The number of aromatic nitrogens is 1. The van der Waals surface area contributed by atoms with Gasteiger partial charge in [0, 0.05) is 12.2 Å². The Morgan fingerprint density at radius 3 is 2.68 bits per heavy atom. The smallest absolute Gasteiger partial charge is 0.305 e. The fourth-order valence-corrected chi connectivity index (χ4v) is 4.71. The highest BCUT2D eigenvalue weighted by atomic mass is 32.2. The Bertz CT molecular complexity index is 657. The van der Waals surface area contributed by atoms with Crippen LogP contribution in [0, 0.1) is 0 Å². The zero-order valence-electron chi connectivity index (χ0n) is 15.1. The lowest BCUT2D eigenvalue weighted by Crippen LogP contribution is -1.99. The molecule has 1 heterocycles. The summed E-state index contributed by atoms with van der Waals surface area (Å²) in [6.07, 6.45) is 7.49. The first-order chi connectivity index (χ1) is 12.2. The Labute approximate surface area is 158 Å². The molecule has 6 heteroatoms. The Kier molecular flexibility index (Phi) is 9.11. The Hall–Kier alpha value is -1.27. The summed E-state index contributed by atoms with van der Waals surface area (Å²) in [5, 5.41) is 0. The topological polar surface area (TPSA) is 48.4 Å². The van der Waals surface area contributed by atoms with Gasteiger partial charge in [0.2, 0.25) is 0 Å². The van der Waals surface area contributed by atoms with Crippen LogP contribution in [0.1, 0.15) is 51.9 Å². The third-order valence-corrected chi connectivity index (χ3v) is 6.13. The van der Waals surface area contributed by atoms with Gasteiger partial charge in [-0.1, -0.05) is 37.4 Å². The van der Waals surface area contributed by atoms with Gasteiger partial charge in [-0.05, 0) is 38.0 Å². The molecule has 4 nitrogen and oxygen atoms in total. The molecule has 0 N–H and O–H groups in total. The van der Waals surface area contributed by atoms with E-state index >= 15 is 0 Å². The monoisotopic (exact) mass is 381 g/mol. The van der Waals surface area contributed by atoms with Crippen molar-refractivity contribution in [1.82, 2.24) is 4.98 Å². The summed E-state index contributed by atoms with van der Waals surface area (Å²) < 4.78 is 12.5. The maximum atomic E-state index is 11.0. The number of rotatable bonds is 12. The molecule has 0 atom stereocenters. The average molecular weight is 382 g/mol. The van der Waals surface area contributed by atoms with Gasteiger partial charge in [0.25, 0.3) is 0 Å². The lowest BCUT2D eigenvalue weighted by Gasteiger charge is -2.01. The molecule has 2 aromatic rings. The fourth-order valence-electron chi connectivity index (χ4n) is 2.54. The van der Waals surface area contributed by atoms with Gasteiger partial charge in [0.15, 0.2) is 4.34 Å². The number of esters is 1. The van der Waals surface area contributed by atoms with Crippen LogP contribution in [0.5, 0.6) is 5.75 Å². The number of unbranched alkanes of at least 4 members (excludes halogenated alkanes) is 5. The van der Waals surface area contributed by atoms with Crippen LogP contribution in [0.3, 0.4) is 0 Å². The number of thiazole rings is 1. The second-order valence-corrected chi connectivity index (χ2v) is 8.21. The molecule has 0 amide bonds. The first kappa shape index (κ1) is 20.0. The van der Waals surface area contributed by atoms with Crippen LogP contribution in [-0.2, 0) is 9.53 Å². The van der Waals surface area contributed by atoms with Crippen LogP contribution in [0.2, 0.25) is 0 Å². The van der Waals surface area contributed by atoms with Crippen molar-refractivity contribution in [3.8, 4) is 5.75 Å². The number of fused-ring (bicyclic) bond motifs is 1. The molecule has 0 aliphatic carbocycles. The number of thioether (sulfide) groups is 1. The standard InChI is InChI=1S/C19H27NO3S2/c1-3-23-15-11-12-16-17(14-15)25-19(20-16)24-13-9-7-5-4-6-8-10-18(21)22-2/h11-12,14H,3-10,13H2,1-2H3. The van der Waals surface area contributed by atoms with E-state index in [1.54, 1.807) is 11.3 Å². The third-order valence-electron chi connectivity index (χ3n) is 3.88. The minimum Gasteiger partial charge on any atom is -0.494 e. The van der Waals surface area contributed by atoms with Crippen molar-refractivity contribution in [3.63, 3.8) is 0 Å². The molecule has 0 aliphatic rings. The quantitative estimate of drug-likeness (QED) is 0.268. The van der Waals surface area contributed by atoms with E-state index in [9.17, 15) is 4.79 Å². The van der Waals surface area contributed by atoms with Crippen molar-refractivity contribution in [1.29, 1.82) is 0 Å². The highest BCUT2D eigenvalue weighted by Crippen LogP contribution is 2.32. The normalized spacial score (nSPS) is 11.0. The summed E-state index contributed by atoms with van der Waals surface area (Å²) in [7, 11) is 1.45. The van der Waals surface area contributed by atoms with Gasteiger partial charge in [-0.3, -0.25) is 4.79 Å². The molecule has 2 rings (SSSR count). The maximum absolute atomic E-state index is 11.0. The summed E-state index contributed by atoms with van der Waals surface area (Å²) in [6.45, 7) is 2.69. The number of hydrogen-bond donors (Lipinski definition) is 0. The van der Waals surface area contributed by atoms with Gasteiger partial charge in [-0.2, -0.15) is 0 Å². The summed E-state index contributed by atoms with van der Waals surface area (Å²) in [5.74, 6) is 1.93. The highest BCUT2D eigenvalue weighted by molar-refractivity contribution is 8.01. The molecular weight excluding hydrogens is 354 g/mol. The Balaban J connectivity index is 1.59. The first-order valence-corrected chi connectivity index (χ1v) is 10.8. The van der Waals surface area contributed by atoms with Crippen molar-refractivity contribution in [2.24, 2.45) is 0 Å². The van der Waals surface area contributed by atoms with Crippen molar-refractivity contribution in [3.05, 3.63) is 18.2 Å². The second kappa shape index (κ2) is 11.4. The summed E-state index contributed by atoms with van der Waals surface area (Å²) in [4.78, 5) is 15.7. The number of hydrogen-bond acceptors (Lipinski definition) is 6. The molecule has 0 bridgehead atoms. The third kappa shape index (κ3) is 7.24. The molecule has 138 valence electrons. The van der Waals surface area contributed by atoms with Crippen LogP contribution in [0.25, 0.3) is 10.2 Å². The number of nitrogens with zero attached hydrogens (tertiary/aromatic N) is 1. The molecule has 25 heavy (non-hydrogen) atoms. The molecule has 0 spiro atoms. The largest absolute Gasteiger partial charge is 0.494 e. The molecule has 0 saturated heterocycles. The van der Waals surface area contributed by atoms with E-state index < -0.39 is 0 Å². The van der Waals surface area contributed by atoms with Crippen LogP contribution < -0.4 is 4.74 Å². The van der Waals surface area contributed by atoms with Gasteiger partial charge in [-0.15, -0.1) is 11.3 Å². The summed E-state index contributed by atoms with van der Waals surface area (Å²) in [5.41, 5.74) is 1.06. The number of ether oxygens (including phenoxy) is 2. The minimum atomic E-state index is -0.0967.